The molecular formula is C12H21NO3. The Morgan fingerprint density at radius 2 is 2.00 bits per heavy atom. The molecule has 0 aromatic heterocycles. The molecule has 0 aliphatic carbocycles. The third-order valence-electron chi connectivity index (χ3n) is 1.97. The van der Waals surface area contributed by atoms with Gasteiger partial charge in [-0.1, -0.05) is 6.92 Å². The monoisotopic (exact) mass is 227 g/mol. The van der Waals surface area contributed by atoms with E-state index in [1.165, 1.54) is 0 Å². The number of carbonyl (C=O) groups is 1. The third-order valence-corrected chi connectivity index (χ3v) is 1.97. The lowest BCUT2D eigenvalue weighted by Crippen LogP contribution is -2.40. The fraction of sp³-hybridized carbons (Fsp3) is 0.750. The van der Waals surface area contributed by atoms with Crippen LogP contribution in [0.15, 0.2) is 0 Å². The first-order valence-electron chi connectivity index (χ1n) is 5.24. The summed E-state index contributed by atoms with van der Waals surface area (Å²) in [5, 5.41) is 11.8. The van der Waals surface area contributed by atoms with E-state index in [-0.39, 0.29) is 6.61 Å². The molecule has 0 bridgehead atoms. The van der Waals surface area contributed by atoms with Gasteiger partial charge in [0, 0.05) is 18.4 Å². The van der Waals surface area contributed by atoms with Gasteiger partial charge in [0.15, 0.2) is 0 Å². The Kier molecular flexibility index (Phi) is 5.32. The Morgan fingerprint density at radius 1 is 1.44 bits per heavy atom. The van der Waals surface area contributed by atoms with E-state index in [1.807, 2.05) is 6.92 Å². The number of hydrogen-bond donors (Lipinski definition) is 2. The molecular weight excluding hydrogens is 206 g/mol. The number of alkyl carbamates (subject to hydrolysis) is 1. The van der Waals surface area contributed by atoms with Gasteiger partial charge in [0.25, 0.3) is 0 Å². The Balaban J connectivity index is 4.14. The van der Waals surface area contributed by atoms with Gasteiger partial charge in [0.2, 0.25) is 0 Å². The minimum Gasteiger partial charge on any atom is -0.444 e. The number of carbonyl (C=O) groups excluding carboxylic acids is 1. The highest BCUT2D eigenvalue weighted by Gasteiger charge is 2.24. The van der Waals surface area contributed by atoms with Gasteiger partial charge in [-0.15, -0.1) is 12.3 Å². The second-order valence-electron chi connectivity index (χ2n) is 5.21. The lowest BCUT2D eigenvalue weighted by atomic mass is 9.88. The van der Waals surface area contributed by atoms with Crippen molar-refractivity contribution in [2.75, 3.05) is 13.2 Å². The van der Waals surface area contributed by atoms with Crippen LogP contribution in [0.2, 0.25) is 0 Å². The summed E-state index contributed by atoms with van der Waals surface area (Å²) in [6.07, 6.45) is 5.10. The smallest absolute Gasteiger partial charge is 0.407 e. The molecule has 0 saturated carbocycles. The summed E-state index contributed by atoms with van der Waals surface area (Å²) in [6, 6.07) is 0. The van der Waals surface area contributed by atoms with Gasteiger partial charge >= 0.3 is 6.09 Å². The van der Waals surface area contributed by atoms with Crippen LogP contribution < -0.4 is 5.32 Å². The predicted molar refractivity (Wildman–Crippen MR) is 62.9 cm³/mol. The Labute approximate surface area is 97.4 Å². The van der Waals surface area contributed by atoms with E-state index in [0.29, 0.717) is 13.0 Å². The first-order valence-corrected chi connectivity index (χ1v) is 5.24. The molecule has 0 spiro atoms. The van der Waals surface area contributed by atoms with Crippen LogP contribution in [0.1, 0.15) is 34.1 Å². The first-order chi connectivity index (χ1) is 7.22. The van der Waals surface area contributed by atoms with Gasteiger partial charge in [-0.2, -0.15) is 0 Å². The molecule has 1 atom stereocenters. The molecule has 4 nitrogen and oxygen atoms in total. The zero-order chi connectivity index (χ0) is 12.8. The molecule has 0 radical (unpaired) electrons. The summed E-state index contributed by atoms with van der Waals surface area (Å²) in [5.41, 5.74) is -1.02. The van der Waals surface area contributed by atoms with Crippen molar-refractivity contribution in [3.63, 3.8) is 0 Å². The average Bonchev–Trinajstić information content (AvgIpc) is 2.13. The summed E-state index contributed by atoms with van der Waals surface area (Å²) in [7, 11) is 0. The molecule has 1 amide bonds. The van der Waals surface area contributed by atoms with Crippen LogP contribution in [0, 0.1) is 17.8 Å². The quantitative estimate of drug-likeness (QED) is 0.716. The predicted octanol–water partition coefficient (Wildman–Crippen LogP) is 1.53. The van der Waals surface area contributed by atoms with Crippen LogP contribution in [-0.2, 0) is 4.74 Å². The highest BCUT2D eigenvalue weighted by atomic mass is 16.6. The minimum atomic E-state index is -0.522. The Bertz CT molecular complexity index is 275. The van der Waals surface area contributed by atoms with E-state index in [9.17, 15) is 9.90 Å². The van der Waals surface area contributed by atoms with E-state index in [0.717, 1.165) is 0 Å². The van der Waals surface area contributed by atoms with Crippen LogP contribution in [0.3, 0.4) is 0 Å². The maximum absolute atomic E-state index is 11.4. The van der Waals surface area contributed by atoms with Crippen molar-refractivity contribution >= 4 is 6.09 Å². The molecule has 4 heteroatoms. The van der Waals surface area contributed by atoms with E-state index >= 15 is 0 Å². The van der Waals surface area contributed by atoms with Gasteiger partial charge in [0.05, 0.1) is 6.61 Å². The number of ether oxygens (including phenoxy) is 1. The highest BCUT2D eigenvalue weighted by molar-refractivity contribution is 5.67. The number of terminal acetylenes is 1. The van der Waals surface area contributed by atoms with Crippen LogP contribution >= 0.6 is 0 Å². The van der Waals surface area contributed by atoms with E-state index in [2.05, 4.69) is 11.2 Å². The van der Waals surface area contributed by atoms with Crippen LogP contribution in [-0.4, -0.2) is 30.0 Å². The maximum atomic E-state index is 11.4. The third kappa shape index (κ3) is 6.31. The molecule has 0 aromatic rings. The summed E-state index contributed by atoms with van der Waals surface area (Å²) < 4.78 is 5.07. The zero-order valence-electron chi connectivity index (χ0n) is 10.5. The van der Waals surface area contributed by atoms with Crippen LogP contribution in [0.5, 0.6) is 0 Å². The molecule has 1 unspecified atom stereocenters. The number of amides is 1. The van der Waals surface area contributed by atoms with E-state index < -0.39 is 17.1 Å². The van der Waals surface area contributed by atoms with Crippen molar-refractivity contribution in [3.05, 3.63) is 0 Å². The van der Waals surface area contributed by atoms with Gasteiger partial charge in [-0.25, -0.2) is 4.79 Å². The molecule has 0 heterocycles. The number of nitrogens with one attached hydrogen (secondary N) is 1. The second-order valence-corrected chi connectivity index (χ2v) is 5.21. The molecule has 2 N–H and O–H groups in total. The summed E-state index contributed by atoms with van der Waals surface area (Å²) in [5.74, 6) is 2.48. The average molecular weight is 227 g/mol. The van der Waals surface area contributed by atoms with Gasteiger partial charge in [-0.05, 0) is 20.8 Å². The van der Waals surface area contributed by atoms with E-state index in [1.54, 1.807) is 20.8 Å². The lowest BCUT2D eigenvalue weighted by molar-refractivity contribution is 0.0481. The van der Waals surface area contributed by atoms with Crippen molar-refractivity contribution in [1.29, 1.82) is 0 Å². The van der Waals surface area contributed by atoms with Crippen molar-refractivity contribution in [1.82, 2.24) is 5.32 Å². The molecule has 0 aliphatic rings. The molecule has 0 aliphatic heterocycles. The van der Waals surface area contributed by atoms with Crippen molar-refractivity contribution in [3.8, 4) is 12.3 Å². The molecule has 16 heavy (non-hydrogen) atoms. The molecule has 92 valence electrons. The zero-order valence-corrected chi connectivity index (χ0v) is 10.5. The Morgan fingerprint density at radius 3 is 2.38 bits per heavy atom. The van der Waals surface area contributed by atoms with Crippen molar-refractivity contribution in [2.24, 2.45) is 5.41 Å². The van der Waals surface area contributed by atoms with Crippen molar-refractivity contribution < 1.29 is 14.6 Å². The maximum Gasteiger partial charge on any atom is 0.407 e. The summed E-state index contributed by atoms with van der Waals surface area (Å²) >= 11 is 0. The number of aliphatic hydroxyl groups is 1. The molecule has 0 fully saturated rings. The van der Waals surface area contributed by atoms with Gasteiger partial charge in [-0.3, -0.25) is 0 Å². The fourth-order valence-electron chi connectivity index (χ4n) is 1.02. The highest BCUT2D eigenvalue weighted by Crippen LogP contribution is 2.18. The van der Waals surface area contributed by atoms with Crippen LogP contribution in [0.25, 0.3) is 0 Å². The molecule has 0 rings (SSSR count). The standard InChI is InChI=1S/C12H21NO3/c1-6-7-12(5,9-14)8-13-10(15)16-11(2,3)4/h1,14H,7-9H2,2-5H3,(H,13,15). The number of hydrogen-bond acceptors (Lipinski definition) is 3. The van der Waals surface area contributed by atoms with Crippen molar-refractivity contribution in [2.45, 2.75) is 39.7 Å². The van der Waals surface area contributed by atoms with Gasteiger partial charge < -0.3 is 15.2 Å². The molecule has 0 saturated heterocycles. The first kappa shape index (κ1) is 14.8. The SMILES string of the molecule is C#CCC(C)(CO)CNC(=O)OC(C)(C)C. The van der Waals surface area contributed by atoms with Crippen LogP contribution in [0.4, 0.5) is 4.79 Å². The minimum absolute atomic E-state index is 0.0764. The van der Waals surface area contributed by atoms with Gasteiger partial charge in [0.1, 0.15) is 5.60 Å². The number of rotatable bonds is 4. The summed E-state index contributed by atoms with van der Waals surface area (Å²) in [4.78, 5) is 11.4. The lowest BCUT2D eigenvalue weighted by Gasteiger charge is -2.26. The Hall–Kier alpha value is -1.21. The topological polar surface area (TPSA) is 58.6 Å². The van der Waals surface area contributed by atoms with E-state index in [4.69, 9.17) is 11.2 Å². The largest absolute Gasteiger partial charge is 0.444 e. The number of aliphatic hydroxyl groups excluding tert-OH is 1. The summed E-state index contributed by atoms with van der Waals surface area (Å²) in [6.45, 7) is 7.40. The molecule has 0 aromatic carbocycles. The normalized spacial score (nSPS) is 14.8. The second kappa shape index (κ2) is 5.76. The fourth-order valence-corrected chi connectivity index (χ4v) is 1.02.